The van der Waals surface area contributed by atoms with Crippen molar-refractivity contribution in [1.82, 2.24) is 15.5 Å². The minimum absolute atomic E-state index is 0.236. The number of nitrogens with one attached hydrogen (secondary N) is 2. The number of likely N-dealkylation sites (tertiary alicyclic amines) is 1. The Hall–Kier alpha value is -2.24. The number of aliphatic imine (C=N–C) groups is 1. The van der Waals surface area contributed by atoms with Crippen LogP contribution in [0.4, 0.5) is 5.69 Å². The zero-order valence-electron chi connectivity index (χ0n) is 18.3. The molecule has 2 aliphatic rings. The first-order valence-electron chi connectivity index (χ1n) is 11.3. The number of rotatable bonds is 6. The van der Waals surface area contributed by atoms with E-state index in [2.05, 4.69) is 53.6 Å². The summed E-state index contributed by atoms with van der Waals surface area (Å²) in [4.78, 5) is 21.1. The van der Waals surface area contributed by atoms with Gasteiger partial charge in [-0.05, 0) is 49.8 Å². The number of hydrogen-bond acceptors (Lipinski definition) is 3. The molecule has 29 heavy (non-hydrogen) atoms. The number of hydrogen-bond donors (Lipinski definition) is 2. The second-order valence-corrected chi connectivity index (χ2v) is 8.35. The van der Waals surface area contributed by atoms with Gasteiger partial charge >= 0.3 is 0 Å². The van der Waals surface area contributed by atoms with Crippen LogP contribution in [0.5, 0.6) is 0 Å². The van der Waals surface area contributed by atoms with Crippen LogP contribution in [0, 0.1) is 5.92 Å². The molecule has 1 aromatic rings. The van der Waals surface area contributed by atoms with Crippen LogP contribution in [-0.2, 0) is 11.3 Å². The number of carbonyl (C=O) groups is 1. The van der Waals surface area contributed by atoms with E-state index < -0.39 is 0 Å². The highest BCUT2D eigenvalue weighted by Gasteiger charge is 2.25. The van der Waals surface area contributed by atoms with E-state index in [-0.39, 0.29) is 11.9 Å². The molecule has 6 nitrogen and oxygen atoms in total. The summed E-state index contributed by atoms with van der Waals surface area (Å²) in [7, 11) is 0. The lowest BCUT2D eigenvalue weighted by atomic mass is 9.99. The van der Waals surface area contributed by atoms with Gasteiger partial charge in [0.25, 0.3) is 0 Å². The highest BCUT2D eigenvalue weighted by atomic mass is 16.2. The third-order valence-corrected chi connectivity index (χ3v) is 6.03. The van der Waals surface area contributed by atoms with Gasteiger partial charge in [-0.2, -0.15) is 0 Å². The van der Waals surface area contributed by atoms with Crippen LogP contribution in [0.25, 0.3) is 0 Å². The Bertz CT molecular complexity index is 679. The first-order chi connectivity index (χ1) is 14.1. The number of carbonyl (C=O) groups excluding carboxylic acids is 1. The fourth-order valence-corrected chi connectivity index (χ4v) is 4.09. The summed E-state index contributed by atoms with van der Waals surface area (Å²) in [6, 6.07) is 9.11. The SMILES string of the molecule is CCNC(=NCc1ccc(N2CCC(C)CC2)cc1)NC1CCN(C(=O)CC)C1. The minimum atomic E-state index is 0.236. The van der Waals surface area contributed by atoms with Gasteiger partial charge in [0, 0.05) is 50.9 Å². The third kappa shape index (κ3) is 6.12. The largest absolute Gasteiger partial charge is 0.372 e. The Kier molecular flexibility index (Phi) is 7.78. The minimum Gasteiger partial charge on any atom is -0.372 e. The molecular formula is C23H37N5O. The maximum atomic E-state index is 11.9. The first kappa shape index (κ1) is 21.5. The highest BCUT2D eigenvalue weighted by molar-refractivity contribution is 5.80. The fourth-order valence-electron chi connectivity index (χ4n) is 4.09. The fraction of sp³-hybridized carbons (Fsp3) is 0.652. The van der Waals surface area contributed by atoms with Crippen LogP contribution in [0.1, 0.15) is 52.0 Å². The summed E-state index contributed by atoms with van der Waals surface area (Å²) in [5, 5.41) is 6.83. The quantitative estimate of drug-likeness (QED) is 0.570. The van der Waals surface area contributed by atoms with Crippen molar-refractivity contribution < 1.29 is 4.79 Å². The molecule has 1 unspecified atom stereocenters. The van der Waals surface area contributed by atoms with Crippen LogP contribution in [0.2, 0.25) is 0 Å². The molecular weight excluding hydrogens is 362 g/mol. The molecule has 0 radical (unpaired) electrons. The smallest absolute Gasteiger partial charge is 0.222 e. The molecule has 0 aromatic heterocycles. The van der Waals surface area contributed by atoms with Gasteiger partial charge in [0.2, 0.25) is 5.91 Å². The second kappa shape index (κ2) is 10.5. The van der Waals surface area contributed by atoms with Gasteiger partial charge in [-0.15, -0.1) is 0 Å². The molecule has 0 saturated carbocycles. The Morgan fingerprint density at radius 2 is 1.83 bits per heavy atom. The van der Waals surface area contributed by atoms with E-state index in [0.29, 0.717) is 13.0 Å². The highest BCUT2D eigenvalue weighted by Crippen LogP contribution is 2.23. The lowest BCUT2D eigenvalue weighted by Gasteiger charge is -2.32. The molecule has 1 atom stereocenters. The number of guanidine groups is 1. The van der Waals surface area contributed by atoms with Crippen molar-refractivity contribution in [3.05, 3.63) is 29.8 Å². The zero-order valence-corrected chi connectivity index (χ0v) is 18.3. The van der Waals surface area contributed by atoms with Crippen LogP contribution in [0.3, 0.4) is 0 Å². The van der Waals surface area contributed by atoms with Gasteiger partial charge < -0.3 is 20.4 Å². The van der Waals surface area contributed by atoms with E-state index in [0.717, 1.165) is 51.0 Å². The van der Waals surface area contributed by atoms with E-state index in [4.69, 9.17) is 4.99 Å². The Balaban J connectivity index is 1.54. The molecule has 160 valence electrons. The molecule has 2 aliphatic heterocycles. The molecule has 0 aliphatic carbocycles. The molecule has 1 amide bonds. The van der Waals surface area contributed by atoms with Gasteiger partial charge in [-0.3, -0.25) is 4.79 Å². The summed E-state index contributed by atoms with van der Waals surface area (Å²) in [5.41, 5.74) is 2.53. The summed E-state index contributed by atoms with van der Waals surface area (Å²) in [6.45, 7) is 11.7. The number of nitrogens with zero attached hydrogens (tertiary/aromatic N) is 3. The average Bonchev–Trinajstić information content (AvgIpc) is 3.21. The van der Waals surface area contributed by atoms with Crippen molar-refractivity contribution in [3.8, 4) is 0 Å². The molecule has 0 spiro atoms. The van der Waals surface area contributed by atoms with Gasteiger partial charge in [-0.1, -0.05) is 26.0 Å². The number of benzene rings is 1. The summed E-state index contributed by atoms with van der Waals surface area (Å²) in [6.07, 6.45) is 4.12. The zero-order chi connectivity index (χ0) is 20.6. The lowest BCUT2D eigenvalue weighted by Crippen LogP contribution is -2.45. The van der Waals surface area contributed by atoms with Crippen molar-refractivity contribution in [2.24, 2.45) is 10.9 Å². The van der Waals surface area contributed by atoms with Crippen LogP contribution in [0.15, 0.2) is 29.3 Å². The standard InChI is InChI=1S/C23H37N5O/c1-4-22(29)28-15-12-20(17-28)26-23(24-5-2)25-16-19-6-8-21(9-7-19)27-13-10-18(3)11-14-27/h6-9,18,20H,4-5,10-17H2,1-3H3,(H2,24,25,26). The molecule has 1 aromatic carbocycles. The summed E-state index contributed by atoms with van der Waals surface area (Å²) in [5.74, 6) is 1.92. The van der Waals surface area contributed by atoms with Gasteiger partial charge in [0.1, 0.15) is 0 Å². The van der Waals surface area contributed by atoms with Gasteiger partial charge in [0.15, 0.2) is 5.96 Å². The van der Waals surface area contributed by atoms with E-state index >= 15 is 0 Å². The molecule has 0 bridgehead atoms. The molecule has 2 fully saturated rings. The lowest BCUT2D eigenvalue weighted by molar-refractivity contribution is -0.129. The normalized spacial score (nSPS) is 20.8. The van der Waals surface area contributed by atoms with Gasteiger partial charge in [-0.25, -0.2) is 4.99 Å². The topological polar surface area (TPSA) is 60.0 Å². The number of amides is 1. The van der Waals surface area contributed by atoms with Gasteiger partial charge in [0.05, 0.1) is 6.54 Å². The number of piperidine rings is 1. The Labute approximate surface area is 175 Å². The van der Waals surface area contributed by atoms with Crippen molar-refractivity contribution in [2.75, 3.05) is 37.6 Å². The maximum Gasteiger partial charge on any atom is 0.222 e. The monoisotopic (exact) mass is 399 g/mol. The Morgan fingerprint density at radius 3 is 2.48 bits per heavy atom. The molecule has 2 N–H and O–H groups in total. The predicted molar refractivity (Wildman–Crippen MR) is 120 cm³/mol. The van der Waals surface area contributed by atoms with E-state index in [1.165, 1.54) is 24.1 Å². The van der Waals surface area contributed by atoms with Crippen molar-refractivity contribution in [3.63, 3.8) is 0 Å². The second-order valence-electron chi connectivity index (χ2n) is 8.35. The maximum absolute atomic E-state index is 11.9. The van der Waals surface area contributed by atoms with E-state index in [1.54, 1.807) is 0 Å². The third-order valence-electron chi connectivity index (χ3n) is 6.03. The van der Waals surface area contributed by atoms with E-state index in [9.17, 15) is 4.79 Å². The summed E-state index contributed by atoms with van der Waals surface area (Å²) < 4.78 is 0. The molecule has 6 heteroatoms. The van der Waals surface area contributed by atoms with Crippen LogP contribution >= 0.6 is 0 Å². The Morgan fingerprint density at radius 1 is 1.10 bits per heavy atom. The predicted octanol–water partition coefficient (Wildman–Crippen LogP) is 2.99. The number of anilines is 1. The molecule has 2 saturated heterocycles. The first-order valence-corrected chi connectivity index (χ1v) is 11.3. The summed E-state index contributed by atoms with van der Waals surface area (Å²) >= 11 is 0. The molecule has 2 heterocycles. The van der Waals surface area contributed by atoms with Crippen molar-refractivity contribution in [1.29, 1.82) is 0 Å². The average molecular weight is 400 g/mol. The van der Waals surface area contributed by atoms with E-state index in [1.807, 2.05) is 11.8 Å². The molecule has 3 rings (SSSR count). The van der Waals surface area contributed by atoms with Crippen molar-refractivity contribution >= 4 is 17.6 Å². The van der Waals surface area contributed by atoms with Crippen LogP contribution < -0.4 is 15.5 Å². The van der Waals surface area contributed by atoms with Crippen LogP contribution in [-0.4, -0.2) is 55.5 Å². The van der Waals surface area contributed by atoms with Crippen molar-refractivity contribution in [2.45, 2.75) is 59.0 Å².